The lowest BCUT2D eigenvalue weighted by Gasteiger charge is -2.10. The molecule has 0 bridgehead atoms. The Hall–Kier alpha value is -2.04. The number of aliphatic hydroxyl groups excluding tert-OH is 2. The molecular formula is C9H9N3O4. The van der Waals surface area contributed by atoms with Gasteiger partial charge in [-0.05, 0) is 0 Å². The van der Waals surface area contributed by atoms with Crippen molar-refractivity contribution in [3.05, 3.63) is 23.8 Å². The van der Waals surface area contributed by atoms with Crippen LogP contribution in [0.1, 0.15) is 22.3 Å². The van der Waals surface area contributed by atoms with Gasteiger partial charge in [-0.3, -0.25) is 0 Å². The van der Waals surface area contributed by atoms with Crippen molar-refractivity contribution in [2.24, 2.45) is 0 Å². The predicted octanol–water partition coefficient (Wildman–Crippen LogP) is -0.819. The van der Waals surface area contributed by atoms with Crippen LogP contribution in [0.25, 0.3) is 0 Å². The fourth-order valence-electron chi connectivity index (χ4n) is 0.940. The van der Waals surface area contributed by atoms with Crippen LogP contribution in [0, 0.1) is 11.3 Å². The standard InChI is InChI=1S/C9H9N3O4/c1-16-9(15)8-11-3-5(4-12-8)7(14)6(13)2-10/h3-4,6-7,13-14H,1H3. The molecule has 1 rings (SSSR count). The largest absolute Gasteiger partial charge is 0.463 e. The van der Waals surface area contributed by atoms with Crippen LogP contribution in [-0.4, -0.2) is 39.4 Å². The van der Waals surface area contributed by atoms with Gasteiger partial charge in [0.15, 0.2) is 6.10 Å². The Balaban J connectivity index is 2.87. The molecule has 0 aliphatic rings. The summed E-state index contributed by atoms with van der Waals surface area (Å²) in [6.07, 6.45) is -0.682. The minimum absolute atomic E-state index is 0.140. The van der Waals surface area contributed by atoms with Gasteiger partial charge in [-0.1, -0.05) is 0 Å². The highest BCUT2D eigenvalue weighted by Gasteiger charge is 2.19. The highest BCUT2D eigenvalue weighted by molar-refractivity contribution is 5.84. The zero-order valence-electron chi connectivity index (χ0n) is 8.36. The van der Waals surface area contributed by atoms with Crippen molar-refractivity contribution in [3.63, 3.8) is 0 Å². The number of carbonyl (C=O) groups is 1. The Morgan fingerprint density at radius 1 is 1.50 bits per heavy atom. The molecule has 0 fully saturated rings. The molecule has 7 nitrogen and oxygen atoms in total. The van der Waals surface area contributed by atoms with E-state index in [1.54, 1.807) is 0 Å². The monoisotopic (exact) mass is 223 g/mol. The summed E-state index contributed by atoms with van der Waals surface area (Å²) in [5.74, 6) is -0.869. The number of esters is 1. The van der Waals surface area contributed by atoms with E-state index >= 15 is 0 Å². The molecule has 0 radical (unpaired) electrons. The Morgan fingerprint density at radius 2 is 2.06 bits per heavy atom. The summed E-state index contributed by atoms with van der Waals surface area (Å²) in [6, 6.07) is 1.47. The van der Waals surface area contributed by atoms with E-state index in [2.05, 4.69) is 14.7 Å². The third-order valence-electron chi connectivity index (χ3n) is 1.81. The SMILES string of the molecule is COC(=O)c1ncc(C(O)C(O)C#N)cn1. The summed E-state index contributed by atoms with van der Waals surface area (Å²) in [4.78, 5) is 18.2. The quantitative estimate of drug-likeness (QED) is 0.508. The van der Waals surface area contributed by atoms with Crippen LogP contribution in [0.2, 0.25) is 0 Å². The Morgan fingerprint density at radius 3 is 2.50 bits per heavy atom. The van der Waals surface area contributed by atoms with Crippen molar-refractivity contribution in [3.8, 4) is 6.07 Å². The molecule has 7 heteroatoms. The molecule has 0 aromatic carbocycles. The van der Waals surface area contributed by atoms with Gasteiger partial charge in [0.05, 0.1) is 13.2 Å². The number of methoxy groups -OCH3 is 1. The van der Waals surface area contributed by atoms with Crippen LogP contribution in [0.3, 0.4) is 0 Å². The predicted molar refractivity (Wildman–Crippen MR) is 50.0 cm³/mol. The maximum atomic E-state index is 11.0. The second kappa shape index (κ2) is 5.16. The molecule has 1 aromatic heterocycles. The lowest BCUT2D eigenvalue weighted by atomic mass is 10.1. The first-order valence-corrected chi connectivity index (χ1v) is 4.26. The first-order chi connectivity index (χ1) is 7.60. The minimum Gasteiger partial charge on any atom is -0.463 e. The second-order valence-corrected chi connectivity index (χ2v) is 2.85. The van der Waals surface area contributed by atoms with Crippen LogP contribution in [0.5, 0.6) is 0 Å². The lowest BCUT2D eigenvalue weighted by molar-refractivity contribution is 0.0517. The van der Waals surface area contributed by atoms with E-state index in [-0.39, 0.29) is 11.4 Å². The molecule has 84 valence electrons. The molecule has 0 aliphatic carbocycles. The van der Waals surface area contributed by atoms with E-state index in [1.165, 1.54) is 13.2 Å². The average molecular weight is 223 g/mol. The van der Waals surface area contributed by atoms with Gasteiger partial charge in [0.2, 0.25) is 5.82 Å². The average Bonchev–Trinajstić information content (AvgIpc) is 2.36. The first kappa shape index (κ1) is 12.0. The van der Waals surface area contributed by atoms with Gasteiger partial charge in [0, 0.05) is 18.0 Å². The molecular weight excluding hydrogens is 214 g/mol. The number of hydrogen-bond acceptors (Lipinski definition) is 7. The number of rotatable bonds is 3. The normalized spacial score (nSPS) is 13.6. The second-order valence-electron chi connectivity index (χ2n) is 2.85. The molecule has 2 atom stereocenters. The van der Waals surface area contributed by atoms with Gasteiger partial charge in [-0.2, -0.15) is 5.26 Å². The maximum absolute atomic E-state index is 11.0. The minimum atomic E-state index is -1.56. The van der Waals surface area contributed by atoms with Gasteiger partial charge in [0.1, 0.15) is 6.10 Å². The third-order valence-corrected chi connectivity index (χ3v) is 1.81. The van der Waals surface area contributed by atoms with Crippen molar-refractivity contribution in [1.82, 2.24) is 9.97 Å². The molecule has 0 amide bonds. The van der Waals surface area contributed by atoms with Crippen LogP contribution >= 0.6 is 0 Å². The maximum Gasteiger partial charge on any atom is 0.376 e. The van der Waals surface area contributed by atoms with E-state index in [0.717, 1.165) is 12.4 Å². The molecule has 0 saturated heterocycles. The van der Waals surface area contributed by atoms with E-state index in [9.17, 15) is 9.90 Å². The smallest absolute Gasteiger partial charge is 0.376 e. The van der Waals surface area contributed by atoms with Crippen molar-refractivity contribution < 1.29 is 19.7 Å². The zero-order valence-corrected chi connectivity index (χ0v) is 8.36. The van der Waals surface area contributed by atoms with Crippen LogP contribution in [-0.2, 0) is 4.74 Å². The summed E-state index contributed by atoms with van der Waals surface area (Å²) in [6.45, 7) is 0. The van der Waals surface area contributed by atoms with Crippen LogP contribution in [0.4, 0.5) is 0 Å². The summed E-state index contributed by atoms with van der Waals surface area (Å²) in [5, 5.41) is 26.8. The molecule has 0 saturated carbocycles. The number of aliphatic hydroxyl groups is 2. The summed E-state index contributed by atoms with van der Waals surface area (Å²) < 4.78 is 4.38. The first-order valence-electron chi connectivity index (χ1n) is 4.26. The molecule has 2 N–H and O–H groups in total. The molecule has 16 heavy (non-hydrogen) atoms. The topological polar surface area (TPSA) is 116 Å². The van der Waals surface area contributed by atoms with Gasteiger partial charge < -0.3 is 14.9 Å². The van der Waals surface area contributed by atoms with Gasteiger partial charge >= 0.3 is 5.97 Å². The summed E-state index contributed by atoms with van der Waals surface area (Å²) in [7, 11) is 1.19. The van der Waals surface area contributed by atoms with Gasteiger partial charge in [0.25, 0.3) is 0 Å². The fourth-order valence-corrected chi connectivity index (χ4v) is 0.940. The lowest BCUT2D eigenvalue weighted by Crippen LogP contribution is -2.17. The Labute approximate surface area is 91.0 Å². The number of aromatic nitrogens is 2. The van der Waals surface area contributed by atoms with Crippen LogP contribution < -0.4 is 0 Å². The third kappa shape index (κ3) is 2.50. The highest BCUT2D eigenvalue weighted by Crippen LogP contribution is 2.14. The van der Waals surface area contributed by atoms with Gasteiger partial charge in [-0.15, -0.1) is 0 Å². The number of ether oxygens (including phenoxy) is 1. The Kier molecular flexibility index (Phi) is 3.88. The van der Waals surface area contributed by atoms with E-state index < -0.39 is 18.2 Å². The van der Waals surface area contributed by atoms with E-state index in [1.807, 2.05) is 0 Å². The Bertz CT molecular complexity index is 412. The van der Waals surface area contributed by atoms with Crippen molar-refractivity contribution in [2.45, 2.75) is 12.2 Å². The fraction of sp³-hybridized carbons (Fsp3) is 0.333. The zero-order chi connectivity index (χ0) is 12.1. The number of carbonyl (C=O) groups excluding carboxylic acids is 1. The van der Waals surface area contributed by atoms with Crippen LogP contribution in [0.15, 0.2) is 12.4 Å². The number of nitrogens with zero attached hydrogens (tertiary/aromatic N) is 3. The van der Waals surface area contributed by atoms with Crippen molar-refractivity contribution >= 4 is 5.97 Å². The number of hydrogen-bond donors (Lipinski definition) is 2. The van der Waals surface area contributed by atoms with E-state index in [0.29, 0.717) is 0 Å². The van der Waals surface area contributed by atoms with Crippen molar-refractivity contribution in [2.75, 3.05) is 7.11 Å². The molecule has 1 aromatic rings. The van der Waals surface area contributed by atoms with E-state index in [4.69, 9.17) is 10.4 Å². The van der Waals surface area contributed by atoms with Crippen molar-refractivity contribution in [1.29, 1.82) is 5.26 Å². The number of nitriles is 1. The molecule has 0 aliphatic heterocycles. The highest BCUT2D eigenvalue weighted by atomic mass is 16.5. The summed E-state index contributed by atoms with van der Waals surface area (Å²) in [5.41, 5.74) is 0.140. The van der Waals surface area contributed by atoms with Gasteiger partial charge in [-0.25, -0.2) is 14.8 Å². The summed E-state index contributed by atoms with van der Waals surface area (Å²) >= 11 is 0. The molecule has 1 heterocycles. The molecule has 2 unspecified atom stereocenters. The molecule has 0 spiro atoms.